The van der Waals surface area contributed by atoms with Gasteiger partial charge in [-0.25, -0.2) is 9.59 Å². The molecule has 0 saturated heterocycles. The molecular formula is C25H25NO6. The van der Waals surface area contributed by atoms with E-state index in [1.165, 1.54) is 35.4 Å². The molecule has 2 aliphatic heterocycles. The molecule has 1 N–H and O–H groups in total. The lowest BCUT2D eigenvalue weighted by Crippen LogP contribution is -2.43. The zero-order valence-electron chi connectivity index (χ0n) is 18.0. The summed E-state index contributed by atoms with van der Waals surface area (Å²) in [6, 6.07) is 9.82. The Morgan fingerprint density at radius 1 is 1.16 bits per heavy atom. The van der Waals surface area contributed by atoms with Gasteiger partial charge in [0.15, 0.2) is 11.5 Å². The molecule has 3 atom stereocenters. The molecular weight excluding hydrogens is 410 g/mol. The highest BCUT2D eigenvalue weighted by Crippen LogP contribution is 2.55. The van der Waals surface area contributed by atoms with Crippen LogP contribution in [0.1, 0.15) is 44.7 Å². The number of esters is 1. The van der Waals surface area contributed by atoms with Crippen molar-refractivity contribution >= 4 is 11.9 Å². The fourth-order valence-electron chi connectivity index (χ4n) is 5.11. The van der Waals surface area contributed by atoms with E-state index in [0.717, 1.165) is 31.0 Å². The van der Waals surface area contributed by atoms with Gasteiger partial charge in [-0.15, -0.1) is 0 Å². The smallest absolute Gasteiger partial charge is 0.338 e. The summed E-state index contributed by atoms with van der Waals surface area (Å²) in [6.45, 7) is 1.78. The van der Waals surface area contributed by atoms with E-state index in [4.69, 9.17) is 19.3 Å². The van der Waals surface area contributed by atoms with Crippen molar-refractivity contribution in [2.24, 2.45) is 0 Å². The minimum atomic E-state index is -1.03. The molecule has 2 aromatic rings. The molecule has 5 rings (SSSR count). The van der Waals surface area contributed by atoms with Crippen LogP contribution >= 0.6 is 0 Å². The summed E-state index contributed by atoms with van der Waals surface area (Å²) in [5.41, 5.74) is 2.61. The van der Waals surface area contributed by atoms with Crippen LogP contribution in [0, 0.1) is 0 Å². The molecule has 7 nitrogen and oxygen atoms in total. The number of carbonyl (C=O) groups excluding carboxylic acids is 1. The van der Waals surface area contributed by atoms with Crippen molar-refractivity contribution < 1.29 is 28.9 Å². The Labute approximate surface area is 186 Å². The van der Waals surface area contributed by atoms with E-state index < -0.39 is 18.0 Å². The number of carbonyl (C=O) groups is 2. The van der Waals surface area contributed by atoms with Crippen molar-refractivity contribution in [2.45, 2.75) is 37.0 Å². The summed E-state index contributed by atoms with van der Waals surface area (Å²) in [4.78, 5) is 26.0. The maximum Gasteiger partial charge on any atom is 0.338 e. The van der Waals surface area contributed by atoms with Crippen LogP contribution in [0.5, 0.6) is 11.5 Å². The van der Waals surface area contributed by atoms with Gasteiger partial charge in [0.2, 0.25) is 0 Å². The molecule has 0 saturated carbocycles. The number of rotatable bonds is 4. The second kappa shape index (κ2) is 7.67. The summed E-state index contributed by atoms with van der Waals surface area (Å²) in [5.74, 6) is 0.00266. The quantitative estimate of drug-likeness (QED) is 0.582. The van der Waals surface area contributed by atoms with Gasteiger partial charge in [-0.05, 0) is 62.0 Å². The number of hydrogen-bond acceptors (Lipinski definition) is 6. The molecule has 0 radical (unpaired) electrons. The molecule has 32 heavy (non-hydrogen) atoms. The fourth-order valence-corrected chi connectivity index (χ4v) is 5.11. The third kappa shape index (κ3) is 3.24. The second-order valence-electron chi connectivity index (χ2n) is 8.69. The topological polar surface area (TPSA) is 85.3 Å². The summed E-state index contributed by atoms with van der Waals surface area (Å²) in [6.07, 6.45) is 4.98. The van der Waals surface area contributed by atoms with Gasteiger partial charge >= 0.3 is 11.9 Å². The van der Waals surface area contributed by atoms with Crippen molar-refractivity contribution in [3.05, 3.63) is 70.8 Å². The van der Waals surface area contributed by atoms with Crippen LogP contribution < -0.4 is 9.47 Å². The first-order valence-electron chi connectivity index (χ1n) is 10.7. The van der Waals surface area contributed by atoms with Crippen LogP contribution in [0.4, 0.5) is 0 Å². The fraction of sp³-hybridized carbons (Fsp3) is 0.360. The number of carboxylic acids is 1. The minimum Gasteiger partial charge on any atom is -0.493 e. The Kier molecular flexibility index (Phi) is 4.93. The van der Waals surface area contributed by atoms with Gasteiger partial charge in [-0.3, -0.25) is 0 Å². The van der Waals surface area contributed by atoms with Gasteiger partial charge in [-0.1, -0.05) is 12.1 Å². The van der Waals surface area contributed by atoms with E-state index in [2.05, 4.69) is 24.1 Å². The van der Waals surface area contributed by atoms with Crippen LogP contribution in [0.2, 0.25) is 0 Å². The summed E-state index contributed by atoms with van der Waals surface area (Å²) in [5, 5.41) is 9.03. The van der Waals surface area contributed by atoms with E-state index in [-0.39, 0.29) is 17.1 Å². The van der Waals surface area contributed by atoms with E-state index in [9.17, 15) is 9.59 Å². The van der Waals surface area contributed by atoms with Crippen LogP contribution in [-0.4, -0.2) is 54.9 Å². The Hall–Kier alpha value is -3.32. The average Bonchev–Trinajstić information content (AvgIpc) is 3.05. The standard InChI is InChI=1S/C25H25NO6/c1-26-12-11-25-10-9-18(31-24(29)16-5-3-15(4-6-16)23(27)28)13-20(25)32-22-19(30-2)8-7-17(14-26)21(22)25/h3-10,18,20H,11-14H2,1-2H3,(H,27,28). The van der Waals surface area contributed by atoms with Crippen LogP contribution in [0.3, 0.4) is 0 Å². The maximum absolute atomic E-state index is 12.6. The number of carboxylic acid groups (broad SMARTS) is 1. The molecule has 0 aromatic heterocycles. The first-order chi connectivity index (χ1) is 15.4. The van der Waals surface area contributed by atoms with E-state index >= 15 is 0 Å². The predicted molar refractivity (Wildman–Crippen MR) is 116 cm³/mol. The van der Waals surface area contributed by atoms with Gasteiger partial charge in [-0.2, -0.15) is 0 Å². The Bertz CT molecular complexity index is 1110. The maximum atomic E-state index is 12.6. The number of hydrogen-bond donors (Lipinski definition) is 1. The third-order valence-electron chi connectivity index (χ3n) is 6.76. The van der Waals surface area contributed by atoms with E-state index in [1.807, 2.05) is 12.1 Å². The molecule has 2 aromatic carbocycles. The van der Waals surface area contributed by atoms with Crippen LogP contribution in [0.25, 0.3) is 0 Å². The zero-order valence-corrected chi connectivity index (χ0v) is 18.0. The number of nitrogens with zero attached hydrogens (tertiary/aromatic N) is 1. The number of aromatic carboxylic acids is 1. The third-order valence-corrected chi connectivity index (χ3v) is 6.76. The molecule has 0 bridgehead atoms. The van der Waals surface area contributed by atoms with Gasteiger partial charge < -0.3 is 24.2 Å². The Morgan fingerprint density at radius 3 is 2.62 bits per heavy atom. The first-order valence-corrected chi connectivity index (χ1v) is 10.7. The highest BCUT2D eigenvalue weighted by molar-refractivity contribution is 5.92. The molecule has 166 valence electrons. The largest absolute Gasteiger partial charge is 0.493 e. The van der Waals surface area contributed by atoms with E-state index in [1.54, 1.807) is 7.11 Å². The number of ether oxygens (including phenoxy) is 3. The monoisotopic (exact) mass is 435 g/mol. The summed E-state index contributed by atoms with van der Waals surface area (Å²) >= 11 is 0. The molecule has 7 heteroatoms. The van der Waals surface area contributed by atoms with Crippen molar-refractivity contribution in [2.75, 3.05) is 20.7 Å². The predicted octanol–water partition coefficient (Wildman–Crippen LogP) is 3.41. The lowest BCUT2D eigenvalue weighted by molar-refractivity contribution is 0.0217. The number of methoxy groups -OCH3 is 1. The minimum absolute atomic E-state index is 0.126. The molecule has 0 fully saturated rings. The molecule has 1 spiro atoms. The first kappa shape index (κ1) is 20.6. The van der Waals surface area contributed by atoms with Crippen LogP contribution in [-0.2, 0) is 16.7 Å². The van der Waals surface area contributed by atoms with E-state index in [0.29, 0.717) is 12.0 Å². The molecule has 2 heterocycles. The Balaban J connectivity index is 1.41. The molecule has 1 aliphatic carbocycles. The SMILES string of the molecule is COc1ccc2c3c1OC1CC(OC(=O)c4ccc(C(=O)O)cc4)C=CC31CCN(C)C2. The molecule has 3 aliphatic rings. The highest BCUT2D eigenvalue weighted by Gasteiger charge is 2.53. The van der Waals surface area contributed by atoms with Crippen molar-refractivity contribution in [1.82, 2.24) is 4.90 Å². The lowest BCUT2D eigenvalue weighted by atomic mass is 9.69. The van der Waals surface area contributed by atoms with Crippen molar-refractivity contribution in [3.63, 3.8) is 0 Å². The van der Waals surface area contributed by atoms with Gasteiger partial charge in [0.1, 0.15) is 12.2 Å². The van der Waals surface area contributed by atoms with Gasteiger partial charge in [0.25, 0.3) is 0 Å². The van der Waals surface area contributed by atoms with Gasteiger partial charge in [0.05, 0.1) is 23.7 Å². The second-order valence-corrected chi connectivity index (χ2v) is 8.69. The zero-order chi connectivity index (χ0) is 22.5. The number of benzene rings is 2. The molecule has 0 amide bonds. The van der Waals surface area contributed by atoms with Crippen molar-refractivity contribution in [1.29, 1.82) is 0 Å². The average molecular weight is 435 g/mol. The van der Waals surface area contributed by atoms with Crippen LogP contribution in [0.15, 0.2) is 48.6 Å². The van der Waals surface area contributed by atoms with Crippen molar-refractivity contribution in [3.8, 4) is 11.5 Å². The Morgan fingerprint density at radius 2 is 1.91 bits per heavy atom. The lowest BCUT2D eigenvalue weighted by Gasteiger charge is -2.36. The summed E-state index contributed by atoms with van der Waals surface area (Å²) < 4.78 is 17.8. The summed E-state index contributed by atoms with van der Waals surface area (Å²) in [7, 11) is 3.77. The highest BCUT2D eigenvalue weighted by atomic mass is 16.6. The van der Waals surface area contributed by atoms with Gasteiger partial charge in [0, 0.05) is 18.5 Å². The normalized spacial score (nSPS) is 25.8. The molecule has 3 unspecified atom stereocenters.